The number of benzene rings is 3. The molecule has 0 aliphatic carbocycles. The highest BCUT2D eigenvalue weighted by Crippen LogP contribution is 2.19. The van der Waals surface area contributed by atoms with E-state index in [4.69, 9.17) is 5.14 Å². The number of nitrogens with one attached hydrogen (secondary N) is 1. The molecule has 0 atom stereocenters. The number of carbonyl (C=O) groups excluding carboxylic acids is 1. The molecule has 138 valence electrons. The Kier molecular flexibility index (Phi) is 5.69. The van der Waals surface area contributed by atoms with Crippen molar-refractivity contribution in [3.63, 3.8) is 0 Å². The summed E-state index contributed by atoms with van der Waals surface area (Å²) >= 11 is 0. The van der Waals surface area contributed by atoms with Crippen LogP contribution in [0.2, 0.25) is 0 Å². The molecule has 5 nitrogen and oxygen atoms in total. The normalized spacial score (nSPS) is 11.7. The predicted molar refractivity (Wildman–Crippen MR) is 108 cm³/mol. The van der Waals surface area contributed by atoms with Gasteiger partial charge in [-0.25, -0.2) is 13.6 Å². The third-order valence-corrected chi connectivity index (χ3v) is 5.13. The van der Waals surface area contributed by atoms with Crippen LogP contribution < -0.4 is 10.5 Å². The number of fused-ring (bicyclic) bond motifs is 1. The van der Waals surface area contributed by atoms with Crippen LogP contribution in [0.1, 0.15) is 11.1 Å². The molecule has 0 aromatic heterocycles. The Morgan fingerprint density at radius 1 is 0.963 bits per heavy atom. The molecule has 0 saturated carbocycles. The summed E-state index contributed by atoms with van der Waals surface area (Å²) < 4.78 is 22.5. The Balaban J connectivity index is 1.56. The van der Waals surface area contributed by atoms with Crippen LogP contribution in [0.25, 0.3) is 16.8 Å². The lowest BCUT2D eigenvalue weighted by molar-refractivity contribution is -0.116. The van der Waals surface area contributed by atoms with Crippen molar-refractivity contribution in [2.45, 2.75) is 11.3 Å². The van der Waals surface area contributed by atoms with E-state index in [9.17, 15) is 13.2 Å². The summed E-state index contributed by atoms with van der Waals surface area (Å²) in [6.45, 7) is 0.452. The van der Waals surface area contributed by atoms with Crippen molar-refractivity contribution in [2.24, 2.45) is 5.14 Å². The Morgan fingerprint density at radius 2 is 1.67 bits per heavy atom. The maximum absolute atomic E-state index is 12.0. The van der Waals surface area contributed by atoms with Gasteiger partial charge in [-0.05, 0) is 46.5 Å². The minimum atomic E-state index is -3.68. The average Bonchev–Trinajstić information content (AvgIpc) is 2.66. The number of rotatable bonds is 6. The SMILES string of the molecule is NS(=O)(=O)c1ccc(CCNC(=O)C=Cc2cccc3ccccc23)cc1. The van der Waals surface area contributed by atoms with Crippen molar-refractivity contribution in [3.8, 4) is 0 Å². The molecule has 3 rings (SSSR count). The van der Waals surface area contributed by atoms with Gasteiger partial charge in [0.25, 0.3) is 0 Å². The number of hydrogen-bond acceptors (Lipinski definition) is 3. The van der Waals surface area contributed by atoms with E-state index in [0.29, 0.717) is 13.0 Å². The number of hydrogen-bond donors (Lipinski definition) is 2. The van der Waals surface area contributed by atoms with Gasteiger partial charge in [-0.1, -0.05) is 54.6 Å². The highest BCUT2D eigenvalue weighted by molar-refractivity contribution is 7.89. The van der Waals surface area contributed by atoms with E-state index in [0.717, 1.165) is 21.9 Å². The van der Waals surface area contributed by atoms with Crippen LogP contribution in [-0.2, 0) is 21.2 Å². The summed E-state index contributed by atoms with van der Waals surface area (Å²) in [6, 6.07) is 20.3. The van der Waals surface area contributed by atoms with E-state index < -0.39 is 10.0 Å². The number of primary sulfonamides is 1. The molecule has 0 aliphatic rings. The van der Waals surface area contributed by atoms with Gasteiger partial charge in [-0.2, -0.15) is 0 Å². The first-order valence-electron chi connectivity index (χ1n) is 8.49. The van der Waals surface area contributed by atoms with Gasteiger partial charge < -0.3 is 5.32 Å². The zero-order chi connectivity index (χ0) is 19.3. The molecule has 0 radical (unpaired) electrons. The molecule has 0 aliphatic heterocycles. The monoisotopic (exact) mass is 380 g/mol. The fourth-order valence-electron chi connectivity index (χ4n) is 2.80. The van der Waals surface area contributed by atoms with Gasteiger partial charge >= 0.3 is 0 Å². The third-order valence-electron chi connectivity index (χ3n) is 4.20. The van der Waals surface area contributed by atoms with Crippen LogP contribution >= 0.6 is 0 Å². The van der Waals surface area contributed by atoms with Crippen LogP contribution in [-0.4, -0.2) is 20.9 Å². The van der Waals surface area contributed by atoms with Crippen LogP contribution in [0.5, 0.6) is 0 Å². The second kappa shape index (κ2) is 8.16. The fraction of sp³-hybridized carbons (Fsp3) is 0.0952. The smallest absolute Gasteiger partial charge is 0.244 e. The lowest BCUT2D eigenvalue weighted by atomic mass is 10.0. The minimum absolute atomic E-state index is 0.0771. The van der Waals surface area contributed by atoms with Crippen molar-refractivity contribution in [3.05, 3.63) is 83.9 Å². The molecule has 0 saturated heterocycles. The molecule has 0 spiro atoms. The van der Waals surface area contributed by atoms with Crippen LogP contribution in [0.15, 0.2) is 77.7 Å². The van der Waals surface area contributed by atoms with Crippen LogP contribution in [0.3, 0.4) is 0 Å². The van der Waals surface area contributed by atoms with Crippen molar-refractivity contribution in [1.82, 2.24) is 5.32 Å². The van der Waals surface area contributed by atoms with Gasteiger partial charge in [0.15, 0.2) is 0 Å². The quantitative estimate of drug-likeness (QED) is 0.645. The zero-order valence-corrected chi connectivity index (χ0v) is 15.4. The van der Waals surface area contributed by atoms with Gasteiger partial charge in [0.2, 0.25) is 15.9 Å². The first-order valence-corrected chi connectivity index (χ1v) is 10.0. The molecule has 0 fully saturated rings. The van der Waals surface area contributed by atoms with E-state index in [1.807, 2.05) is 42.5 Å². The Morgan fingerprint density at radius 3 is 2.41 bits per heavy atom. The molecule has 0 unspecified atom stereocenters. The van der Waals surface area contributed by atoms with Gasteiger partial charge in [0.05, 0.1) is 4.90 Å². The first kappa shape index (κ1) is 18.8. The van der Waals surface area contributed by atoms with Crippen LogP contribution in [0, 0.1) is 0 Å². The highest BCUT2D eigenvalue weighted by Gasteiger charge is 2.06. The topological polar surface area (TPSA) is 89.3 Å². The summed E-state index contributed by atoms with van der Waals surface area (Å²) in [5, 5.41) is 10.1. The lowest BCUT2D eigenvalue weighted by Crippen LogP contribution is -2.23. The van der Waals surface area contributed by atoms with Crippen molar-refractivity contribution in [1.29, 1.82) is 0 Å². The summed E-state index contributed by atoms with van der Waals surface area (Å²) in [6.07, 6.45) is 3.92. The average molecular weight is 380 g/mol. The van der Waals surface area contributed by atoms with Crippen molar-refractivity contribution >= 4 is 32.8 Å². The second-order valence-electron chi connectivity index (χ2n) is 6.13. The maximum Gasteiger partial charge on any atom is 0.244 e. The van der Waals surface area contributed by atoms with E-state index in [-0.39, 0.29) is 10.8 Å². The lowest BCUT2D eigenvalue weighted by Gasteiger charge is -2.05. The molecule has 0 bridgehead atoms. The maximum atomic E-state index is 12.0. The van der Waals surface area contributed by atoms with Crippen molar-refractivity contribution < 1.29 is 13.2 Å². The predicted octanol–water partition coefficient (Wildman–Crippen LogP) is 2.86. The van der Waals surface area contributed by atoms with Gasteiger partial charge in [-0.3, -0.25) is 4.79 Å². The number of amides is 1. The van der Waals surface area contributed by atoms with Gasteiger partial charge in [0, 0.05) is 12.6 Å². The second-order valence-corrected chi connectivity index (χ2v) is 7.69. The van der Waals surface area contributed by atoms with Crippen LogP contribution in [0.4, 0.5) is 0 Å². The summed E-state index contributed by atoms with van der Waals surface area (Å²) in [5.41, 5.74) is 1.91. The van der Waals surface area contributed by atoms with E-state index in [1.54, 1.807) is 18.2 Å². The molecule has 3 aromatic rings. The van der Waals surface area contributed by atoms with E-state index in [2.05, 4.69) is 5.32 Å². The molecular weight excluding hydrogens is 360 g/mol. The van der Waals surface area contributed by atoms with Gasteiger partial charge in [0.1, 0.15) is 0 Å². The van der Waals surface area contributed by atoms with Gasteiger partial charge in [-0.15, -0.1) is 0 Å². The number of sulfonamides is 1. The molecule has 3 aromatic carbocycles. The van der Waals surface area contributed by atoms with E-state index in [1.165, 1.54) is 18.2 Å². The molecule has 0 heterocycles. The summed E-state index contributed by atoms with van der Waals surface area (Å²) in [7, 11) is -3.68. The molecular formula is C21H20N2O3S. The zero-order valence-electron chi connectivity index (χ0n) is 14.6. The number of carbonyl (C=O) groups is 1. The number of nitrogens with two attached hydrogens (primary N) is 1. The molecule has 6 heteroatoms. The fourth-order valence-corrected chi connectivity index (χ4v) is 3.31. The largest absolute Gasteiger partial charge is 0.352 e. The Hall–Kier alpha value is -2.96. The molecule has 3 N–H and O–H groups in total. The van der Waals surface area contributed by atoms with Crippen molar-refractivity contribution in [2.75, 3.05) is 6.54 Å². The Labute approximate surface area is 158 Å². The minimum Gasteiger partial charge on any atom is -0.352 e. The third kappa shape index (κ3) is 5.03. The summed E-state index contributed by atoms with van der Waals surface area (Å²) in [5.74, 6) is -0.177. The molecule has 27 heavy (non-hydrogen) atoms. The summed E-state index contributed by atoms with van der Waals surface area (Å²) in [4.78, 5) is 12.1. The Bertz CT molecular complexity index is 1080. The highest BCUT2D eigenvalue weighted by atomic mass is 32.2. The van der Waals surface area contributed by atoms with E-state index >= 15 is 0 Å². The first-order chi connectivity index (χ1) is 12.9. The standard InChI is InChI=1S/C21H20N2O3S/c22-27(25,26)19-11-8-16(9-12-19)14-15-23-21(24)13-10-18-6-3-5-17-4-1-2-7-20(17)18/h1-13H,14-15H2,(H,23,24)(H2,22,25,26). The molecule has 1 amide bonds.